The minimum Gasteiger partial charge on any atom is -0.494 e. The molecular formula is C22H36N2O3. The molecule has 0 aromatic heterocycles. The SMILES string of the molecule is CN(C)CC1(c2ccc(OCCCN3CCC(O)CC3)cc2)CCOCC1. The largest absolute Gasteiger partial charge is 0.494 e. The summed E-state index contributed by atoms with van der Waals surface area (Å²) in [4.78, 5) is 4.71. The van der Waals surface area contributed by atoms with Gasteiger partial charge in [-0.05, 0) is 63.9 Å². The second-order valence-electron chi connectivity index (χ2n) is 8.43. The van der Waals surface area contributed by atoms with Crippen molar-refractivity contribution >= 4 is 0 Å². The van der Waals surface area contributed by atoms with Crippen molar-refractivity contribution in [1.29, 1.82) is 0 Å². The number of aliphatic hydroxyl groups is 1. The molecule has 2 aliphatic heterocycles. The fourth-order valence-corrected chi connectivity index (χ4v) is 4.43. The quantitative estimate of drug-likeness (QED) is 0.707. The summed E-state index contributed by atoms with van der Waals surface area (Å²) in [5, 5.41) is 9.57. The van der Waals surface area contributed by atoms with Crippen LogP contribution in [0.25, 0.3) is 0 Å². The summed E-state index contributed by atoms with van der Waals surface area (Å²) in [6, 6.07) is 8.74. The number of benzene rings is 1. The van der Waals surface area contributed by atoms with Crippen LogP contribution in [-0.4, -0.2) is 81.1 Å². The number of ether oxygens (including phenoxy) is 2. The minimum absolute atomic E-state index is 0.0949. The molecule has 5 nitrogen and oxygen atoms in total. The summed E-state index contributed by atoms with van der Waals surface area (Å²) in [7, 11) is 4.30. The van der Waals surface area contributed by atoms with Crippen LogP contribution in [0, 0.1) is 0 Å². The number of aliphatic hydroxyl groups excluding tert-OH is 1. The van der Waals surface area contributed by atoms with E-state index < -0.39 is 0 Å². The van der Waals surface area contributed by atoms with E-state index in [1.54, 1.807) is 0 Å². The van der Waals surface area contributed by atoms with Crippen LogP contribution in [0.15, 0.2) is 24.3 Å². The summed E-state index contributed by atoms with van der Waals surface area (Å²) in [6.45, 7) is 6.56. The average molecular weight is 377 g/mol. The van der Waals surface area contributed by atoms with Gasteiger partial charge in [-0.25, -0.2) is 0 Å². The first-order valence-corrected chi connectivity index (χ1v) is 10.4. The van der Waals surface area contributed by atoms with Crippen LogP contribution in [0.3, 0.4) is 0 Å². The Morgan fingerprint density at radius 1 is 1.15 bits per heavy atom. The number of piperidine rings is 1. The van der Waals surface area contributed by atoms with E-state index >= 15 is 0 Å². The maximum absolute atomic E-state index is 9.57. The van der Waals surface area contributed by atoms with Crippen LogP contribution in [0.5, 0.6) is 5.75 Å². The first-order valence-electron chi connectivity index (χ1n) is 10.4. The molecule has 0 unspecified atom stereocenters. The van der Waals surface area contributed by atoms with Gasteiger partial charge in [0.25, 0.3) is 0 Å². The van der Waals surface area contributed by atoms with Crippen molar-refractivity contribution in [3.63, 3.8) is 0 Å². The van der Waals surface area contributed by atoms with Crippen LogP contribution in [0.1, 0.15) is 37.7 Å². The number of rotatable bonds is 8. The molecule has 152 valence electrons. The normalized spacial score (nSPS) is 21.5. The number of hydrogen-bond acceptors (Lipinski definition) is 5. The Bertz CT molecular complexity index is 547. The van der Waals surface area contributed by atoms with Crippen molar-refractivity contribution in [2.75, 3.05) is 60.1 Å². The molecule has 2 saturated heterocycles. The van der Waals surface area contributed by atoms with Crippen LogP contribution in [-0.2, 0) is 10.2 Å². The maximum atomic E-state index is 9.57. The fraction of sp³-hybridized carbons (Fsp3) is 0.727. The third-order valence-corrected chi connectivity index (χ3v) is 5.98. The molecule has 0 saturated carbocycles. The zero-order chi connectivity index (χ0) is 19.1. The average Bonchev–Trinajstić information content (AvgIpc) is 2.67. The van der Waals surface area contributed by atoms with E-state index in [4.69, 9.17) is 9.47 Å². The second-order valence-corrected chi connectivity index (χ2v) is 8.43. The molecule has 2 fully saturated rings. The van der Waals surface area contributed by atoms with Crippen LogP contribution in [0.2, 0.25) is 0 Å². The Hall–Kier alpha value is -1.14. The monoisotopic (exact) mass is 376 g/mol. The van der Waals surface area contributed by atoms with Gasteiger partial charge in [0.05, 0.1) is 12.7 Å². The van der Waals surface area contributed by atoms with Gasteiger partial charge in [0.1, 0.15) is 5.75 Å². The van der Waals surface area contributed by atoms with E-state index in [2.05, 4.69) is 48.2 Å². The molecule has 0 aliphatic carbocycles. The minimum atomic E-state index is -0.0949. The fourth-order valence-electron chi connectivity index (χ4n) is 4.43. The van der Waals surface area contributed by atoms with Gasteiger partial charge >= 0.3 is 0 Å². The highest BCUT2D eigenvalue weighted by Gasteiger charge is 2.34. The standard InChI is InChI=1S/C22H36N2O3/c1-23(2)18-22(10-16-26-17-11-22)19-4-6-21(7-5-19)27-15-3-12-24-13-8-20(25)9-14-24/h4-7,20,25H,3,8-18H2,1-2H3. The smallest absolute Gasteiger partial charge is 0.119 e. The van der Waals surface area contributed by atoms with Crippen molar-refractivity contribution in [3.8, 4) is 5.75 Å². The molecule has 1 N–H and O–H groups in total. The predicted octanol–water partition coefficient (Wildman–Crippen LogP) is 2.52. The third-order valence-electron chi connectivity index (χ3n) is 5.98. The lowest BCUT2D eigenvalue weighted by molar-refractivity contribution is 0.0401. The number of nitrogens with zero attached hydrogens (tertiary/aromatic N) is 2. The Kier molecular flexibility index (Phi) is 7.53. The topological polar surface area (TPSA) is 45.2 Å². The lowest BCUT2D eigenvalue weighted by Crippen LogP contribution is -2.42. The molecule has 0 radical (unpaired) electrons. The first-order chi connectivity index (χ1) is 13.1. The Morgan fingerprint density at radius 2 is 1.81 bits per heavy atom. The van der Waals surface area contributed by atoms with Crippen LogP contribution >= 0.6 is 0 Å². The molecule has 0 amide bonds. The molecule has 0 bridgehead atoms. The Morgan fingerprint density at radius 3 is 2.44 bits per heavy atom. The van der Waals surface area contributed by atoms with Gasteiger partial charge < -0.3 is 24.4 Å². The van der Waals surface area contributed by atoms with E-state index in [1.807, 2.05) is 0 Å². The van der Waals surface area contributed by atoms with Crippen molar-refractivity contribution in [1.82, 2.24) is 9.80 Å². The van der Waals surface area contributed by atoms with Gasteiger partial charge in [0.2, 0.25) is 0 Å². The predicted molar refractivity (Wildman–Crippen MR) is 109 cm³/mol. The van der Waals surface area contributed by atoms with E-state index in [-0.39, 0.29) is 11.5 Å². The van der Waals surface area contributed by atoms with E-state index in [0.29, 0.717) is 0 Å². The summed E-state index contributed by atoms with van der Waals surface area (Å²) < 4.78 is 11.6. The Balaban J connectivity index is 1.47. The van der Waals surface area contributed by atoms with Gasteiger partial charge in [0, 0.05) is 44.8 Å². The molecule has 1 aromatic rings. The first kappa shape index (κ1) is 20.6. The van der Waals surface area contributed by atoms with Gasteiger partial charge in [-0.1, -0.05) is 12.1 Å². The molecular weight excluding hydrogens is 340 g/mol. The number of likely N-dealkylation sites (tertiary alicyclic amines) is 1. The second kappa shape index (κ2) is 9.87. The number of likely N-dealkylation sites (N-methyl/N-ethyl adjacent to an activating group) is 1. The zero-order valence-electron chi connectivity index (χ0n) is 17.0. The highest BCUT2D eigenvalue weighted by molar-refractivity contribution is 5.33. The van der Waals surface area contributed by atoms with Crippen LogP contribution < -0.4 is 4.74 Å². The van der Waals surface area contributed by atoms with Crippen molar-refractivity contribution < 1.29 is 14.6 Å². The summed E-state index contributed by atoms with van der Waals surface area (Å²) in [6.07, 6.45) is 4.90. The molecule has 3 rings (SSSR count). The van der Waals surface area contributed by atoms with Gasteiger partial charge in [0.15, 0.2) is 0 Å². The zero-order valence-corrected chi connectivity index (χ0v) is 17.0. The van der Waals surface area contributed by atoms with Crippen LogP contribution in [0.4, 0.5) is 0 Å². The number of hydrogen-bond donors (Lipinski definition) is 1. The summed E-state index contributed by atoms with van der Waals surface area (Å²) in [5.41, 5.74) is 1.60. The van der Waals surface area contributed by atoms with E-state index in [9.17, 15) is 5.11 Å². The van der Waals surface area contributed by atoms with E-state index in [1.165, 1.54) is 5.56 Å². The molecule has 2 heterocycles. The molecule has 5 heteroatoms. The third kappa shape index (κ3) is 5.92. The lowest BCUT2D eigenvalue weighted by atomic mass is 9.74. The Labute approximate surface area is 164 Å². The van der Waals surface area contributed by atoms with Gasteiger partial charge in [-0.15, -0.1) is 0 Å². The highest BCUT2D eigenvalue weighted by Crippen LogP contribution is 2.36. The van der Waals surface area contributed by atoms with Gasteiger partial charge in [-0.3, -0.25) is 0 Å². The summed E-state index contributed by atoms with van der Waals surface area (Å²) in [5.74, 6) is 0.958. The van der Waals surface area contributed by atoms with Crippen molar-refractivity contribution in [3.05, 3.63) is 29.8 Å². The van der Waals surface area contributed by atoms with Gasteiger partial charge in [-0.2, -0.15) is 0 Å². The van der Waals surface area contributed by atoms with Crippen molar-refractivity contribution in [2.24, 2.45) is 0 Å². The molecule has 1 aromatic carbocycles. The molecule has 0 spiro atoms. The molecule has 0 atom stereocenters. The summed E-state index contributed by atoms with van der Waals surface area (Å²) >= 11 is 0. The molecule has 2 aliphatic rings. The van der Waals surface area contributed by atoms with Crippen molar-refractivity contribution in [2.45, 2.75) is 43.6 Å². The van der Waals surface area contributed by atoms with E-state index in [0.717, 1.165) is 83.9 Å². The molecule has 27 heavy (non-hydrogen) atoms. The highest BCUT2D eigenvalue weighted by atomic mass is 16.5. The maximum Gasteiger partial charge on any atom is 0.119 e. The lowest BCUT2D eigenvalue weighted by Gasteiger charge is -2.39.